The minimum Gasteiger partial charge on any atom is -0.481 e. The summed E-state index contributed by atoms with van der Waals surface area (Å²) in [5.74, 6) is -0.785. The van der Waals surface area contributed by atoms with Crippen molar-refractivity contribution in [3.63, 3.8) is 0 Å². The van der Waals surface area contributed by atoms with Gasteiger partial charge in [-0.2, -0.15) is 10.5 Å². The molecule has 0 radical (unpaired) electrons. The second kappa shape index (κ2) is 29.5. The van der Waals surface area contributed by atoms with E-state index in [1.54, 1.807) is 49.2 Å². The fourth-order valence-electron chi connectivity index (χ4n) is 7.60. The number of nitrogens with two attached hydrogens (primary N) is 3. The molecule has 4 aliphatic rings. The van der Waals surface area contributed by atoms with E-state index in [4.69, 9.17) is 97.5 Å². The van der Waals surface area contributed by atoms with Crippen molar-refractivity contribution in [1.29, 1.82) is 15.9 Å². The number of nitrogens with one attached hydrogen (secondary N) is 8. The molecule has 0 aromatic carbocycles. The highest BCUT2D eigenvalue weighted by Crippen LogP contribution is 2.37. The molecule has 5 aromatic heterocycles. The van der Waals surface area contributed by atoms with Gasteiger partial charge in [-0.15, -0.1) is 0 Å². The minimum atomic E-state index is -1.71. The van der Waals surface area contributed by atoms with Gasteiger partial charge in [0.05, 0.1) is 77.3 Å². The lowest BCUT2D eigenvalue weighted by Gasteiger charge is -2.21. The molecule has 0 unspecified atom stereocenters. The van der Waals surface area contributed by atoms with E-state index >= 15 is 0 Å². The lowest BCUT2D eigenvalue weighted by atomic mass is 9.98. The van der Waals surface area contributed by atoms with Gasteiger partial charge >= 0.3 is 0 Å². The Labute approximate surface area is 485 Å². The minimum absolute atomic E-state index is 0. The van der Waals surface area contributed by atoms with E-state index in [1.807, 2.05) is 6.07 Å². The summed E-state index contributed by atoms with van der Waals surface area (Å²) in [5, 5.41) is 38.8. The summed E-state index contributed by atoms with van der Waals surface area (Å²) in [6.45, 7) is 1.24. The molecular formula is C48H68Cl6N18O6. The van der Waals surface area contributed by atoms with Crippen molar-refractivity contribution in [3.05, 3.63) is 67.0 Å². The third-order valence-corrected chi connectivity index (χ3v) is 13.3. The van der Waals surface area contributed by atoms with E-state index < -0.39 is 43.6 Å². The molecule has 5 aromatic rings. The molecule has 30 heteroatoms. The number of nitrogens with zero attached hydrogens (tertiary/aromatic N) is 7. The van der Waals surface area contributed by atoms with E-state index in [-0.39, 0.29) is 54.8 Å². The molecule has 2 aliphatic carbocycles. The largest absolute Gasteiger partial charge is 0.481 e. The predicted molar refractivity (Wildman–Crippen MR) is 306 cm³/mol. The molecule has 2 saturated carbocycles. The predicted octanol–water partition coefficient (Wildman–Crippen LogP) is 6.28. The lowest BCUT2D eigenvalue weighted by molar-refractivity contribution is -0.125. The van der Waals surface area contributed by atoms with Gasteiger partial charge in [0.15, 0.2) is 11.6 Å². The molecule has 7 heterocycles. The Morgan fingerprint density at radius 3 is 1.64 bits per heavy atom. The SMILES string of the molecule is COC(=N)C(Cl)(Cl)Cl.ClC(Cl)(Cl)c1nc2ccncc2[nH]1.N#C[C@H](C[C@@H]1CCNC1=O)NC(=O)[C@@H](N)CC1CC1.N#C[C@H](C[C@@H]1CCNC1=O)NC(=O)[C@H](CC1CC1)NC(=O)c1nc2ccncc2[nH]1.Nc1ccncc1N.[HH].[HH].[HH].[HH].[HH]. The van der Waals surface area contributed by atoms with Gasteiger partial charge in [-0.25, -0.2) is 9.97 Å². The fourth-order valence-corrected chi connectivity index (χ4v) is 8.10. The standard InChI is InChI=1S/C20H23N7O3.C13H20N4O2.C7H4Cl3N3.C5H7N3.C3H4Cl3NO.5H2/c21-9-13(8-12-3-6-23-18(12)28)24-19(29)15(7-11-1-2-11)27-20(30)17-25-14-4-5-22-10-16(14)26-17;14-7-10(6-9-3-4-16-12(9)18)17-13(19)11(15)5-8-1-2-8;8-7(9,10)6-12-4-1-2-11-3-5(4)13-6;6-4-1-2-8-3-5(4)7;1-8-2(7)3(4,5)6;;;;;/h4-5,10-13,15H,1-3,6-8H2,(H,23,28)(H,24,29)(H,25,26)(H,27,30);8-11H,1-6,15H2,(H,16,18)(H,17,19);1-3H,(H,12,13);1-3H,7H2,(H2,6,8);7H,1H3;5*1H/t12-,13-,15-;9-,10-,11-;;;;;;;;/m00......../s1. The molecule has 2 aliphatic heterocycles. The van der Waals surface area contributed by atoms with Crippen LogP contribution in [0.15, 0.2) is 55.4 Å². The Balaban J connectivity index is 0.00000109. The number of amides is 5. The molecule has 0 spiro atoms. The van der Waals surface area contributed by atoms with Crippen LogP contribution >= 0.6 is 69.6 Å². The Morgan fingerprint density at radius 1 is 0.731 bits per heavy atom. The number of anilines is 2. The van der Waals surface area contributed by atoms with Gasteiger partial charge in [-0.1, -0.05) is 95.3 Å². The molecule has 428 valence electrons. The Bertz CT molecular complexity index is 2890. The first-order valence-electron chi connectivity index (χ1n) is 24.3. The number of methoxy groups -OCH3 is 1. The number of carbonyl (C=O) groups excluding carboxylic acids is 5. The summed E-state index contributed by atoms with van der Waals surface area (Å²) in [4.78, 5) is 86.3. The van der Waals surface area contributed by atoms with Crippen LogP contribution < -0.4 is 43.8 Å². The van der Waals surface area contributed by atoms with Crippen molar-refractivity contribution >= 4 is 138 Å². The number of carbonyl (C=O) groups is 5. The molecule has 6 atom stereocenters. The summed E-state index contributed by atoms with van der Waals surface area (Å²) in [5.41, 5.74) is 20.3. The number of fused-ring (bicyclic) bond motifs is 2. The van der Waals surface area contributed by atoms with E-state index in [2.05, 4.69) is 72.3 Å². The Kier molecular flexibility index (Phi) is 23.5. The third kappa shape index (κ3) is 20.4. The second-order valence-electron chi connectivity index (χ2n) is 18.4. The van der Waals surface area contributed by atoms with Crippen LogP contribution in [0.25, 0.3) is 22.1 Å². The van der Waals surface area contributed by atoms with Gasteiger partial charge < -0.3 is 58.5 Å². The zero-order valence-corrected chi connectivity index (χ0v) is 46.4. The highest BCUT2D eigenvalue weighted by molar-refractivity contribution is 6.76. The molecular weight excluding hydrogens is 1140 g/mol. The molecule has 4 fully saturated rings. The summed E-state index contributed by atoms with van der Waals surface area (Å²) >= 11 is 32.4. The summed E-state index contributed by atoms with van der Waals surface area (Å²) in [6, 6.07) is 6.45. The number of H-pyrrole nitrogens is 2. The normalized spacial score (nSPS) is 18.0. The number of aromatic nitrogens is 7. The lowest BCUT2D eigenvalue weighted by Crippen LogP contribution is -2.50. The maximum atomic E-state index is 12.9. The van der Waals surface area contributed by atoms with Crippen molar-refractivity contribution < 1.29 is 35.8 Å². The first-order valence-corrected chi connectivity index (χ1v) is 26.6. The highest BCUT2D eigenvalue weighted by Gasteiger charge is 2.35. The van der Waals surface area contributed by atoms with Gasteiger partial charge in [0, 0.05) is 50.6 Å². The van der Waals surface area contributed by atoms with Crippen LogP contribution in [0.2, 0.25) is 0 Å². The molecule has 2 saturated heterocycles. The number of imidazole rings is 2. The number of alkyl halides is 6. The van der Waals surface area contributed by atoms with Crippen LogP contribution in [0.5, 0.6) is 0 Å². The molecule has 24 nitrogen and oxygen atoms in total. The van der Waals surface area contributed by atoms with E-state index in [1.165, 1.54) is 13.3 Å². The average Bonchev–Trinajstić information content (AvgIpc) is 4.18. The van der Waals surface area contributed by atoms with Crippen LogP contribution in [0.1, 0.15) is 87.8 Å². The Morgan fingerprint density at radius 2 is 1.23 bits per heavy atom. The molecule has 14 N–H and O–H groups in total. The zero-order valence-electron chi connectivity index (χ0n) is 41.9. The van der Waals surface area contributed by atoms with Crippen LogP contribution in [0, 0.1) is 51.7 Å². The zero-order chi connectivity index (χ0) is 57.2. The quantitative estimate of drug-likeness (QED) is 0.0331. The van der Waals surface area contributed by atoms with Gasteiger partial charge in [0.1, 0.15) is 18.1 Å². The molecule has 9 rings (SSSR count). The Hall–Kier alpha value is -6.51. The molecule has 78 heavy (non-hydrogen) atoms. The van der Waals surface area contributed by atoms with E-state index in [0.29, 0.717) is 78.8 Å². The summed E-state index contributed by atoms with van der Waals surface area (Å²) in [6.07, 6.45) is 17.0. The van der Waals surface area contributed by atoms with E-state index in [9.17, 15) is 29.2 Å². The summed E-state index contributed by atoms with van der Waals surface area (Å²) in [7, 11) is 1.27. The number of halogens is 6. The first kappa shape index (κ1) is 62.3. The number of hydrogen-bond acceptors (Lipinski definition) is 17. The average molecular weight is 1210 g/mol. The number of aromatic amines is 2. The maximum Gasteiger partial charge on any atom is 0.287 e. The number of ether oxygens (including phenoxy) is 1. The van der Waals surface area contributed by atoms with Crippen LogP contribution in [0.4, 0.5) is 11.4 Å². The highest BCUT2D eigenvalue weighted by atomic mass is 35.6. The topological polar surface area (TPSA) is 400 Å². The fraction of sp³-hybridized carbons (Fsp3) is 0.479. The van der Waals surface area contributed by atoms with Crippen molar-refractivity contribution in [2.45, 2.75) is 96.0 Å². The summed E-state index contributed by atoms with van der Waals surface area (Å²) < 4.78 is 1.07. The number of nitrogen functional groups attached to an aromatic ring is 2. The smallest absolute Gasteiger partial charge is 0.287 e. The maximum absolute atomic E-state index is 12.9. The van der Waals surface area contributed by atoms with Crippen LogP contribution in [-0.4, -0.2) is 118 Å². The van der Waals surface area contributed by atoms with Crippen molar-refractivity contribution in [3.8, 4) is 12.1 Å². The number of rotatable bonds is 14. The second-order valence-corrected chi connectivity index (χ2v) is 22.9. The number of nitriles is 2. The monoisotopic (exact) mass is 1200 g/mol. The van der Waals surface area contributed by atoms with Crippen molar-refractivity contribution in [1.82, 2.24) is 61.5 Å². The van der Waals surface area contributed by atoms with Gasteiger partial charge in [-0.3, -0.25) is 44.3 Å². The molecule has 5 amide bonds. The van der Waals surface area contributed by atoms with E-state index in [0.717, 1.165) is 43.1 Å². The van der Waals surface area contributed by atoms with Crippen molar-refractivity contribution in [2.24, 2.45) is 29.4 Å². The van der Waals surface area contributed by atoms with Gasteiger partial charge in [-0.05, 0) is 68.6 Å². The van der Waals surface area contributed by atoms with Crippen molar-refractivity contribution in [2.75, 3.05) is 31.7 Å². The first-order chi connectivity index (χ1) is 37.0. The third-order valence-electron chi connectivity index (χ3n) is 12.2. The van der Waals surface area contributed by atoms with Gasteiger partial charge in [0.2, 0.25) is 33.3 Å². The number of hydrogen-bond donors (Lipinski definition) is 11. The van der Waals surface area contributed by atoms with Crippen LogP contribution in [0.3, 0.4) is 0 Å². The number of pyridine rings is 3. The van der Waals surface area contributed by atoms with Gasteiger partial charge in [0.25, 0.3) is 9.70 Å². The molecule has 0 bridgehead atoms. The van der Waals surface area contributed by atoms with Crippen LogP contribution in [-0.2, 0) is 27.7 Å².